The number of benzene rings is 3. The van der Waals surface area contributed by atoms with Gasteiger partial charge in [0.15, 0.2) is 0 Å². The number of rotatable bonds is 12. The third-order valence-corrected chi connectivity index (χ3v) is 8.02. The Labute approximate surface area is 259 Å². The van der Waals surface area contributed by atoms with Crippen LogP contribution in [0.2, 0.25) is 0 Å². The molecule has 0 aromatic heterocycles. The predicted octanol–water partition coefficient (Wildman–Crippen LogP) is 6.46. The van der Waals surface area contributed by atoms with E-state index in [1.54, 1.807) is 44.2 Å². The molecule has 4 rings (SSSR count). The van der Waals surface area contributed by atoms with E-state index in [4.69, 9.17) is 0 Å². The summed E-state index contributed by atoms with van der Waals surface area (Å²) in [6.07, 6.45) is 4.00. The smallest absolute Gasteiger partial charge is 0.328 e. The molecule has 230 valence electrons. The molecule has 8 nitrogen and oxygen atoms in total. The minimum absolute atomic E-state index is 0.0153. The number of carbonyl (C=O) groups is 4. The number of amides is 4. The summed E-state index contributed by atoms with van der Waals surface area (Å²) in [5.74, 6) is -2.11. The van der Waals surface area contributed by atoms with Crippen molar-refractivity contribution in [3.63, 3.8) is 0 Å². The lowest BCUT2D eigenvalue weighted by Gasteiger charge is -2.29. The van der Waals surface area contributed by atoms with Crippen molar-refractivity contribution in [1.82, 2.24) is 15.1 Å². The monoisotopic (exact) mass is 595 g/mol. The lowest BCUT2D eigenvalue weighted by Crippen LogP contribution is -2.52. The van der Waals surface area contributed by atoms with Crippen molar-refractivity contribution in [2.24, 2.45) is 5.92 Å². The van der Waals surface area contributed by atoms with Gasteiger partial charge in [-0.25, -0.2) is 9.69 Å². The van der Waals surface area contributed by atoms with Gasteiger partial charge < -0.3 is 15.3 Å². The first kappa shape index (κ1) is 32.2. The Morgan fingerprint density at radius 3 is 2.16 bits per heavy atom. The van der Waals surface area contributed by atoms with E-state index in [0.29, 0.717) is 5.56 Å². The predicted molar refractivity (Wildman–Crippen MR) is 171 cm³/mol. The number of nitrogens with one attached hydrogen (secondary N) is 1. The summed E-state index contributed by atoms with van der Waals surface area (Å²) in [6, 6.07) is 22.3. The lowest BCUT2D eigenvalue weighted by molar-refractivity contribution is -0.140. The highest BCUT2D eigenvalue weighted by Crippen LogP contribution is 2.33. The highest BCUT2D eigenvalue weighted by Gasteiger charge is 2.54. The van der Waals surface area contributed by atoms with Crippen LogP contribution >= 0.6 is 0 Å². The van der Waals surface area contributed by atoms with Crippen molar-refractivity contribution in [2.45, 2.75) is 71.6 Å². The van der Waals surface area contributed by atoms with Gasteiger partial charge in [-0.1, -0.05) is 105 Å². The number of urea groups is 1. The number of carboxylic acid groups (broad SMARTS) is 1. The highest BCUT2D eigenvalue weighted by atomic mass is 16.4. The molecule has 2 atom stereocenters. The lowest BCUT2D eigenvalue weighted by atomic mass is 9.98. The van der Waals surface area contributed by atoms with Crippen LogP contribution in [-0.2, 0) is 20.9 Å². The molecule has 0 radical (unpaired) electrons. The molecule has 4 amide bonds. The van der Waals surface area contributed by atoms with Gasteiger partial charge in [0.2, 0.25) is 5.91 Å². The van der Waals surface area contributed by atoms with E-state index in [1.165, 1.54) is 10.5 Å². The molecular weight excluding hydrogens is 554 g/mol. The van der Waals surface area contributed by atoms with Gasteiger partial charge in [0.1, 0.15) is 11.6 Å². The second-order valence-electron chi connectivity index (χ2n) is 12.2. The molecule has 8 heteroatoms. The topological polar surface area (TPSA) is 107 Å². The van der Waals surface area contributed by atoms with Crippen LogP contribution in [0.4, 0.5) is 4.79 Å². The van der Waals surface area contributed by atoms with Gasteiger partial charge >= 0.3 is 12.0 Å². The van der Waals surface area contributed by atoms with E-state index in [1.807, 2.05) is 56.3 Å². The first-order valence-electron chi connectivity index (χ1n) is 14.9. The molecular formula is C36H41N3O5. The van der Waals surface area contributed by atoms with Crippen LogP contribution in [0, 0.1) is 12.8 Å². The minimum atomic E-state index is -1.18. The quantitative estimate of drug-likeness (QED) is 0.185. The van der Waals surface area contributed by atoms with Crippen molar-refractivity contribution in [1.29, 1.82) is 0 Å². The molecule has 2 N–H and O–H groups in total. The van der Waals surface area contributed by atoms with Gasteiger partial charge in [0, 0.05) is 6.54 Å². The van der Waals surface area contributed by atoms with E-state index in [0.717, 1.165) is 21.6 Å². The number of aliphatic carboxylic acids is 1. The van der Waals surface area contributed by atoms with Crippen LogP contribution in [0.1, 0.15) is 74.4 Å². The number of hydrogen-bond donors (Lipinski definition) is 2. The van der Waals surface area contributed by atoms with Crippen molar-refractivity contribution in [3.8, 4) is 0 Å². The van der Waals surface area contributed by atoms with E-state index in [9.17, 15) is 24.3 Å². The summed E-state index contributed by atoms with van der Waals surface area (Å²) in [5.41, 5.74) is 3.62. The first-order valence-corrected chi connectivity index (χ1v) is 14.9. The number of carboxylic acids is 1. The maximum absolute atomic E-state index is 13.9. The van der Waals surface area contributed by atoms with E-state index in [-0.39, 0.29) is 25.3 Å². The summed E-state index contributed by atoms with van der Waals surface area (Å²) >= 11 is 0. The molecule has 1 aliphatic heterocycles. The molecule has 2 unspecified atom stereocenters. The van der Waals surface area contributed by atoms with Gasteiger partial charge in [-0.15, -0.1) is 0 Å². The van der Waals surface area contributed by atoms with Crippen LogP contribution in [0.3, 0.4) is 0 Å². The first-order chi connectivity index (χ1) is 20.9. The average Bonchev–Trinajstić information content (AvgIpc) is 3.14. The summed E-state index contributed by atoms with van der Waals surface area (Å²) < 4.78 is 0. The van der Waals surface area contributed by atoms with Gasteiger partial charge in [0.05, 0.1) is 12.5 Å². The fourth-order valence-electron chi connectivity index (χ4n) is 5.44. The van der Waals surface area contributed by atoms with Crippen LogP contribution in [0.15, 0.2) is 78.9 Å². The van der Waals surface area contributed by atoms with Crippen LogP contribution in [0.25, 0.3) is 12.2 Å². The van der Waals surface area contributed by atoms with Crippen molar-refractivity contribution >= 4 is 36.0 Å². The molecule has 1 fully saturated rings. The Balaban J connectivity index is 1.54. The zero-order valence-electron chi connectivity index (χ0n) is 26.0. The Bertz CT molecular complexity index is 1530. The average molecular weight is 596 g/mol. The molecule has 1 aliphatic rings. The molecule has 44 heavy (non-hydrogen) atoms. The van der Waals surface area contributed by atoms with Gasteiger partial charge in [-0.3, -0.25) is 14.4 Å². The van der Waals surface area contributed by atoms with Crippen molar-refractivity contribution in [2.75, 3.05) is 0 Å². The zero-order chi connectivity index (χ0) is 32.0. The number of carbonyl (C=O) groups excluding carboxylic acids is 3. The molecule has 1 saturated heterocycles. The standard InChI is InChI=1S/C36H41N3O5/c1-24(2)21-31(33(42)37-30(22-32(40)41)29-13-7-6-8-14-29)39-34(43)36(4,5)38(35(39)44)23-27-17-15-26(16-18-27)19-20-28-12-10-9-11-25(28)3/h6-20,24,30-31H,21-23H2,1-5H3,(H,37,42)(H,40,41)/b20-19+. The Morgan fingerprint density at radius 2 is 1.55 bits per heavy atom. The summed E-state index contributed by atoms with van der Waals surface area (Å²) in [4.78, 5) is 55.6. The second-order valence-corrected chi connectivity index (χ2v) is 12.2. The Hall–Kier alpha value is -4.72. The third-order valence-electron chi connectivity index (χ3n) is 8.02. The van der Waals surface area contributed by atoms with Crippen molar-refractivity contribution < 1.29 is 24.3 Å². The second kappa shape index (κ2) is 13.7. The van der Waals surface area contributed by atoms with Crippen LogP contribution in [0.5, 0.6) is 0 Å². The molecule has 1 heterocycles. The van der Waals surface area contributed by atoms with Crippen molar-refractivity contribution in [3.05, 3.63) is 107 Å². The SMILES string of the molecule is Cc1ccccc1/C=C/c1ccc(CN2C(=O)N(C(CC(C)C)C(=O)NC(CC(=O)O)c3ccccc3)C(=O)C2(C)C)cc1. The number of aryl methyl sites for hydroxylation is 1. The van der Waals surface area contributed by atoms with E-state index >= 15 is 0 Å². The van der Waals surface area contributed by atoms with Gasteiger partial charge in [0.25, 0.3) is 5.91 Å². The normalized spacial score (nSPS) is 16.0. The maximum atomic E-state index is 13.9. The Kier molecular flexibility index (Phi) is 10.0. The van der Waals surface area contributed by atoms with Crippen LogP contribution < -0.4 is 5.32 Å². The summed E-state index contributed by atoms with van der Waals surface area (Å²) in [5, 5.41) is 12.3. The fourth-order valence-corrected chi connectivity index (χ4v) is 5.44. The molecule has 0 saturated carbocycles. The van der Waals surface area contributed by atoms with E-state index in [2.05, 4.69) is 30.4 Å². The third kappa shape index (κ3) is 7.43. The maximum Gasteiger partial charge on any atom is 0.328 e. The molecule has 0 aliphatic carbocycles. The highest BCUT2D eigenvalue weighted by molar-refractivity contribution is 6.09. The number of nitrogens with zero attached hydrogens (tertiary/aromatic N) is 2. The fraction of sp³-hybridized carbons (Fsp3) is 0.333. The largest absolute Gasteiger partial charge is 0.481 e. The van der Waals surface area contributed by atoms with E-state index < -0.39 is 41.4 Å². The molecule has 0 spiro atoms. The minimum Gasteiger partial charge on any atom is -0.481 e. The molecule has 3 aromatic carbocycles. The summed E-state index contributed by atoms with van der Waals surface area (Å²) in [6.45, 7) is 9.46. The van der Waals surface area contributed by atoms with Crippen LogP contribution in [-0.4, -0.2) is 50.3 Å². The Morgan fingerprint density at radius 1 is 0.909 bits per heavy atom. The summed E-state index contributed by atoms with van der Waals surface area (Å²) in [7, 11) is 0. The molecule has 0 bridgehead atoms. The zero-order valence-corrected chi connectivity index (χ0v) is 26.0. The van der Waals surface area contributed by atoms with Gasteiger partial charge in [-0.2, -0.15) is 0 Å². The van der Waals surface area contributed by atoms with Gasteiger partial charge in [-0.05, 0) is 60.9 Å². The number of hydrogen-bond acceptors (Lipinski definition) is 4. The molecule has 3 aromatic rings. The number of imide groups is 1.